The number of hydrogen-bond acceptors (Lipinski definition) is 2. The van der Waals surface area contributed by atoms with E-state index in [4.69, 9.17) is 0 Å². The molecule has 0 saturated heterocycles. The SMILES string of the molecule is CN(C)C1(C(=O)c2cccc(F)c2F)CCCCCC1. The normalized spacial score (nSPS) is 18.9. The molecule has 0 spiro atoms. The lowest BCUT2D eigenvalue weighted by Gasteiger charge is -2.38. The van der Waals surface area contributed by atoms with Gasteiger partial charge in [0, 0.05) is 0 Å². The number of carbonyl (C=O) groups excluding carboxylic acids is 1. The van der Waals surface area contributed by atoms with Gasteiger partial charge in [0.25, 0.3) is 0 Å². The van der Waals surface area contributed by atoms with Gasteiger partial charge in [0.1, 0.15) is 0 Å². The van der Waals surface area contributed by atoms with E-state index < -0.39 is 17.2 Å². The summed E-state index contributed by atoms with van der Waals surface area (Å²) in [6.07, 6.45) is 5.48. The van der Waals surface area contributed by atoms with Crippen LogP contribution in [0.3, 0.4) is 0 Å². The molecule has 0 N–H and O–H groups in total. The van der Waals surface area contributed by atoms with Crippen LogP contribution in [-0.4, -0.2) is 30.3 Å². The molecule has 0 heterocycles. The minimum Gasteiger partial charge on any atom is -0.297 e. The lowest BCUT2D eigenvalue weighted by molar-refractivity contribution is 0.0629. The van der Waals surface area contributed by atoms with Gasteiger partial charge in [-0.2, -0.15) is 0 Å². The van der Waals surface area contributed by atoms with E-state index in [9.17, 15) is 13.6 Å². The zero-order chi connectivity index (χ0) is 14.8. The van der Waals surface area contributed by atoms with Crippen molar-refractivity contribution in [3.05, 3.63) is 35.4 Å². The summed E-state index contributed by atoms with van der Waals surface area (Å²) < 4.78 is 27.3. The van der Waals surface area contributed by atoms with Gasteiger partial charge in [-0.05, 0) is 39.1 Å². The maximum atomic E-state index is 13.9. The van der Waals surface area contributed by atoms with E-state index in [-0.39, 0.29) is 11.3 Å². The molecule has 1 aliphatic carbocycles. The van der Waals surface area contributed by atoms with Crippen LogP contribution in [0.1, 0.15) is 48.9 Å². The number of Topliss-reactive ketones (excluding diaryl/α,β-unsaturated/α-hetero) is 1. The van der Waals surface area contributed by atoms with Crippen LogP contribution in [0.4, 0.5) is 8.78 Å². The molecule has 110 valence electrons. The minimum absolute atomic E-state index is 0.124. The van der Waals surface area contributed by atoms with Crippen LogP contribution in [0.25, 0.3) is 0 Å². The molecular weight excluding hydrogens is 260 g/mol. The maximum absolute atomic E-state index is 13.9. The van der Waals surface area contributed by atoms with E-state index >= 15 is 0 Å². The Bertz CT molecular complexity index is 491. The Morgan fingerprint density at radius 3 is 2.25 bits per heavy atom. The highest BCUT2D eigenvalue weighted by atomic mass is 19.2. The van der Waals surface area contributed by atoms with E-state index in [0.29, 0.717) is 12.8 Å². The summed E-state index contributed by atoms with van der Waals surface area (Å²) in [7, 11) is 3.70. The van der Waals surface area contributed by atoms with E-state index in [1.165, 1.54) is 12.1 Å². The van der Waals surface area contributed by atoms with Gasteiger partial charge in [0.15, 0.2) is 17.4 Å². The van der Waals surface area contributed by atoms with Crippen molar-refractivity contribution in [1.82, 2.24) is 4.90 Å². The van der Waals surface area contributed by atoms with Gasteiger partial charge in [0.2, 0.25) is 0 Å². The number of benzene rings is 1. The fourth-order valence-corrected chi connectivity index (χ4v) is 3.12. The zero-order valence-corrected chi connectivity index (χ0v) is 12.1. The van der Waals surface area contributed by atoms with Crippen molar-refractivity contribution in [3.63, 3.8) is 0 Å². The minimum atomic E-state index is -1.03. The molecule has 1 saturated carbocycles. The molecule has 0 unspecified atom stereocenters. The summed E-state index contributed by atoms with van der Waals surface area (Å²) in [6, 6.07) is 3.82. The molecule has 0 aliphatic heterocycles. The summed E-state index contributed by atoms with van der Waals surface area (Å²) in [5.41, 5.74) is -0.828. The van der Waals surface area contributed by atoms with Gasteiger partial charge >= 0.3 is 0 Å². The largest absolute Gasteiger partial charge is 0.297 e. The molecule has 0 aromatic heterocycles. The van der Waals surface area contributed by atoms with Crippen molar-refractivity contribution < 1.29 is 13.6 Å². The van der Waals surface area contributed by atoms with Gasteiger partial charge in [0.05, 0.1) is 11.1 Å². The van der Waals surface area contributed by atoms with Crippen molar-refractivity contribution in [2.75, 3.05) is 14.1 Å². The molecule has 1 aliphatic rings. The Morgan fingerprint density at radius 1 is 1.10 bits per heavy atom. The molecular formula is C16H21F2NO. The van der Waals surface area contributed by atoms with Crippen LogP contribution in [0.15, 0.2) is 18.2 Å². The molecule has 20 heavy (non-hydrogen) atoms. The lowest BCUT2D eigenvalue weighted by Crippen LogP contribution is -2.51. The quantitative estimate of drug-likeness (QED) is 0.620. The summed E-state index contributed by atoms with van der Waals surface area (Å²) in [5, 5.41) is 0. The molecule has 0 atom stereocenters. The van der Waals surface area contributed by atoms with Crippen molar-refractivity contribution in [2.24, 2.45) is 0 Å². The third-order valence-corrected chi connectivity index (χ3v) is 4.41. The molecule has 2 rings (SSSR count). The Morgan fingerprint density at radius 2 is 1.70 bits per heavy atom. The van der Waals surface area contributed by atoms with Gasteiger partial charge in [-0.15, -0.1) is 0 Å². The van der Waals surface area contributed by atoms with Crippen LogP contribution in [0.2, 0.25) is 0 Å². The molecule has 2 nitrogen and oxygen atoms in total. The summed E-state index contributed by atoms with van der Waals surface area (Å²) in [4.78, 5) is 14.7. The number of likely N-dealkylation sites (N-methyl/N-ethyl adjacent to an activating group) is 1. The highest BCUT2D eigenvalue weighted by Gasteiger charge is 2.42. The number of halogens is 2. The predicted molar refractivity (Wildman–Crippen MR) is 74.8 cm³/mol. The third kappa shape index (κ3) is 2.62. The standard InChI is InChI=1S/C16H21F2NO/c1-19(2)16(10-5-3-4-6-11-16)15(20)12-8-7-9-13(17)14(12)18/h7-9H,3-6,10-11H2,1-2H3. The van der Waals surface area contributed by atoms with E-state index in [2.05, 4.69) is 0 Å². The van der Waals surface area contributed by atoms with E-state index in [1.54, 1.807) is 0 Å². The lowest BCUT2D eigenvalue weighted by atomic mass is 9.81. The van der Waals surface area contributed by atoms with Crippen molar-refractivity contribution in [1.29, 1.82) is 0 Å². The van der Waals surface area contributed by atoms with Gasteiger partial charge in [-0.1, -0.05) is 31.7 Å². The maximum Gasteiger partial charge on any atom is 0.186 e. The number of rotatable bonds is 3. The first-order valence-electron chi connectivity index (χ1n) is 7.15. The first kappa shape index (κ1) is 15.1. The number of nitrogens with zero attached hydrogens (tertiary/aromatic N) is 1. The monoisotopic (exact) mass is 281 g/mol. The molecule has 1 aromatic carbocycles. The van der Waals surface area contributed by atoms with Gasteiger partial charge < -0.3 is 0 Å². The third-order valence-electron chi connectivity index (χ3n) is 4.41. The second-order valence-corrected chi connectivity index (χ2v) is 5.77. The number of hydrogen-bond donors (Lipinski definition) is 0. The molecule has 0 bridgehead atoms. The number of carbonyl (C=O) groups is 1. The number of ketones is 1. The molecule has 0 radical (unpaired) electrons. The average molecular weight is 281 g/mol. The van der Waals surface area contributed by atoms with Crippen LogP contribution in [0.5, 0.6) is 0 Å². The highest BCUT2D eigenvalue weighted by molar-refractivity contribution is 6.03. The van der Waals surface area contributed by atoms with Crippen molar-refractivity contribution >= 4 is 5.78 Å². The Kier molecular flexibility index (Phi) is 4.53. The first-order chi connectivity index (χ1) is 9.49. The smallest absolute Gasteiger partial charge is 0.186 e. The Hall–Kier alpha value is -1.29. The second-order valence-electron chi connectivity index (χ2n) is 5.77. The summed E-state index contributed by atoms with van der Waals surface area (Å²) in [5.74, 6) is -2.28. The van der Waals surface area contributed by atoms with Crippen LogP contribution in [0, 0.1) is 11.6 Å². The Labute approximate surface area is 118 Å². The summed E-state index contributed by atoms with van der Waals surface area (Å²) >= 11 is 0. The topological polar surface area (TPSA) is 20.3 Å². The highest BCUT2D eigenvalue weighted by Crippen LogP contribution is 2.34. The molecule has 1 fully saturated rings. The molecule has 1 aromatic rings. The van der Waals surface area contributed by atoms with E-state index in [1.807, 2.05) is 19.0 Å². The van der Waals surface area contributed by atoms with Gasteiger partial charge in [-0.25, -0.2) is 8.78 Å². The predicted octanol–water partition coefficient (Wildman–Crippen LogP) is 3.80. The molecule has 0 amide bonds. The van der Waals surface area contributed by atoms with Crippen molar-refractivity contribution in [2.45, 2.75) is 44.1 Å². The Balaban J connectivity index is 2.43. The van der Waals surface area contributed by atoms with Crippen LogP contribution >= 0.6 is 0 Å². The van der Waals surface area contributed by atoms with Crippen LogP contribution < -0.4 is 0 Å². The van der Waals surface area contributed by atoms with Crippen molar-refractivity contribution in [3.8, 4) is 0 Å². The zero-order valence-electron chi connectivity index (χ0n) is 12.1. The average Bonchev–Trinajstić information content (AvgIpc) is 2.68. The van der Waals surface area contributed by atoms with E-state index in [0.717, 1.165) is 31.7 Å². The summed E-state index contributed by atoms with van der Waals surface area (Å²) in [6.45, 7) is 0. The second kappa shape index (κ2) is 6.00. The van der Waals surface area contributed by atoms with Gasteiger partial charge in [-0.3, -0.25) is 9.69 Å². The fraction of sp³-hybridized carbons (Fsp3) is 0.562. The van der Waals surface area contributed by atoms with Crippen LogP contribution in [-0.2, 0) is 0 Å². The molecule has 4 heteroatoms. The fourth-order valence-electron chi connectivity index (χ4n) is 3.12. The first-order valence-corrected chi connectivity index (χ1v) is 7.15.